The number of imidazole rings is 1. The van der Waals surface area contributed by atoms with Gasteiger partial charge in [0.05, 0.1) is 23.9 Å². The number of rotatable bonds is 4. The fourth-order valence-corrected chi connectivity index (χ4v) is 3.27. The van der Waals surface area contributed by atoms with Crippen molar-refractivity contribution >= 4 is 17.7 Å². The minimum atomic E-state index is 0.204. The van der Waals surface area contributed by atoms with Crippen LogP contribution in [0.4, 0.5) is 0 Å². The van der Waals surface area contributed by atoms with Gasteiger partial charge in [-0.05, 0) is 18.9 Å². The average Bonchev–Trinajstić information content (AvgIpc) is 3.03. The largest absolute Gasteiger partial charge is 0.508 e. The summed E-state index contributed by atoms with van der Waals surface area (Å²) in [7, 11) is 0. The first-order valence-corrected chi connectivity index (χ1v) is 8.88. The Labute approximate surface area is 143 Å². The first-order valence-electron chi connectivity index (χ1n) is 8.88. The summed E-state index contributed by atoms with van der Waals surface area (Å²) in [6, 6.07) is 3.76. The molecule has 1 saturated carbocycles. The van der Waals surface area contributed by atoms with Crippen molar-refractivity contribution in [1.82, 2.24) is 14.7 Å². The average molecular weight is 326 g/mol. The number of nitrogens with zero attached hydrogens (tertiary/aromatic N) is 3. The minimum Gasteiger partial charge on any atom is -0.508 e. The molecule has 1 aliphatic rings. The highest BCUT2D eigenvalue weighted by Gasteiger charge is 2.09. The van der Waals surface area contributed by atoms with Gasteiger partial charge < -0.3 is 10.4 Å². The molecule has 0 aromatic carbocycles. The fourth-order valence-electron chi connectivity index (χ4n) is 3.27. The maximum Gasteiger partial charge on any atom is 0.140 e. The lowest BCUT2D eigenvalue weighted by Gasteiger charge is -2.15. The molecule has 1 aliphatic carbocycles. The Morgan fingerprint density at radius 3 is 2.71 bits per heavy atom. The third-order valence-electron chi connectivity index (χ3n) is 4.68. The Bertz CT molecular complexity index is 709. The fraction of sp³-hybridized carbons (Fsp3) is 0.474. The molecule has 5 heteroatoms. The lowest BCUT2D eigenvalue weighted by molar-refractivity contribution is 0.475. The van der Waals surface area contributed by atoms with Crippen molar-refractivity contribution in [3.05, 3.63) is 36.8 Å². The first kappa shape index (κ1) is 16.6. The number of hydrogen-bond acceptors (Lipinski definition) is 3. The molecule has 2 heterocycles. The van der Waals surface area contributed by atoms with Crippen LogP contribution in [0.1, 0.15) is 57.1 Å². The zero-order chi connectivity index (χ0) is 16.8. The van der Waals surface area contributed by atoms with E-state index in [1.54, 1.807) is 30.9 Å². The normalized spacial score (nSPS) is 17.5. The molecule has 1 fully saturated rings. The van der Waals surface area contributed by atoms with Gasteiger partial charge in [0.15, 0.2) is 0 Å². The van der Waals surface area contributed by atoms with Gasteiger partial charge >= 0.3 is 0 Å². The molecule has 0 aliphatic heterocycles. The molecule has 24 heavy (non-hydrogen) atoms. The Balaban J connectivity index is 1.61. The molecular weight excluding hydrogens is 300 g/mol. The predicted molar refractivity (Wildman–Crippen MR) is 98.2 cm³/mol. The molecule has 5 nitrogen and oxygen atoms in total. The SMILES string of the molecule is C=C(/N=C/NC1CCCCCCCC1)c1cnc2cc(O)ccn12. The molecule has 128 valence electrons. The molecule has 0 saturated heterocycles. The van der Waals surface area contributed by atoms with Crippen molar-refractivity contribution in [2.24, 2.45) is 4.99 Å². The van der Waals surface area contributed by atoms with E-state index in [4.69, 9.17) is 0 Å². The smallest absolute Gasteiger partial charge is 0.140 e. The lowest BCUT2D eigenvalue weighted by atomic mass is 10.1. The summed E-state index contributed by atoms with van der Waals surface area (Å²) < 4.78 is 1.87. The van der Waals surface area contributed by atoms with Crippen LogP contribution in [-0.2, 0) is 0 Å². The third-order valence-corrected chi connectivity index (χ3v) is 4.68. The van der Waals surface area contributed by atoms with Crippen molar-refractivity contribution in [1.29, 1.82) is 0 Å². The van der Waals surface area contributed by atoms with Crippen LogP contribution >= 0.6 is 0 Å². The highest BCUT2D eigenvalue weighted by atomic mass is 16.3. The molecule has 0 bridgehead atoms. The van der Waals surface area contributed by atoms with Crippen molar-refractivity contribution in [3.8, 4) is 5.75 Å². The van der Waals surface area contributed by atoms with Crippen LogP contribution in [0.5, 0.6) is 5.75 Å². The topological polar surface area (TPSA) is 61.9 Å². The summed E-state index contributed by atoms with van der Waals surface area (Å²) in [5.74, 6) is 0.204. The number of pyridine rings is 1. The van der Waals surface area contributed by atoms with Gasteiger partial charge in [-0.15, -0.1) is 0 Å². The number of aromatic hydroxyl groups is 1. The summed E-state index contributed by atoms with van der Waals surface area (Å²) in [5, 5.41) is 13.0. The van der Waals surface area contributed by atoms with Gasteiger partial charge in [0, 0.05) is 18.3 Å². The van der Waals surface area contributed by atoms with Gasteiger partial charge in [-0.3, -0.25) is 4.40 Å². The lowest BCUT2D eigenvalue weighted by Crippen LogP contribution is -2.27. The monoisotopic (exact) mass is 326 g/mol. The Kier molecular flexibility index (Phi) is 5.51. The van der Waals surface area contributed by atoms with E-state index >= 15 is 0 Å². The van der Waals surface area contributed by atoms with Crippen LogP contribution in [-0.4, -0.2) is 26.9 Å². The number of fused-ring (bicyclic) bond motifs is 1. The molecule has 0 radical (unpaired) electrons. The second kappa shape index (κ2) is 7.99. The van der Waals surface area contributed by atoms with Crippen LogP contribution < -0.4 is 5.32 Å². The molecule has 0 unspecified atom stereocenters. The number of aliphatic imine (C=N–C) groups is 1. The number of aromatic nitrogens is 2. The maximum absolute atomic E-state index is 9.51. The summed E-state index contributed by atoms with van der Waals surface area (Å²) >= 11 is 0. The van der Waals surface area contributed by atoms with Crippen LogP contribution in [0.3, 0.4) is 0 Å². The summed E-state index contributed by atoms with van der Waals surface area (Å²) in [6.45, 7) is 4.04. The maximum atomic E-state index is 9.51. The van der Waals surface area contributed by atoms with E-state index in [9.17, 15) is 5.11 Å². The molecular formula is C19H26N4O. The zero-order valence-corrected chi connectivity index (χ0v) is 14.1. The number of hydrogen-bond donors (Lipinski definition) is 2. The molecule has 0 spiro atoms. The highest BCUT2D eigenvalue weighted by Crippen LogP contribution is 2.19. The van der Waals surface area contributed by atoms with E-state index in [2.05, 4.69) is 21.9 Å². The van der Waals surface area contributed by atoms with E-state index in [0.717, 1.165) is 5.69 Å². The molecule has 0 atom stereocenters. The third kappa shape index (κ3) is 4.16. The summed E-state index contributed by atoms with van der Waals surface area (Å²) in [4.78, 5) is 8.74. The summed E-state index contributed by atoms with van der Waals surface area (Å²) in [6.07, 6.45) is 15.8. The van der Waals surface area contributed by atoms with Gasteiger partial charge in [0.25, 0.3) is 0 Å². The molecule has 2 N–H and O–H groups in total. The first-order chi connectivity index (χ1) is 11.7. The molecule has 3 rings (SSSR count). The van der Waals surface area contributed by atoms with Crippen LogP contribution in [0.25, 0.3) is 11.3 Å². The van der Waals surface area contributed by atoms with Gasteiger partial charge in [-0.25, -0.2) is 9.98 Å². The van der Waals surface area contributed by atoms with Gasteiger partial charge in [0.2, 0.25) is 0 Å². The molecule has 2 aromatic heterocycles. The van der Waals surface area contributed by atoms with E-state index in [1.165, 1.54) is 51.4 Å². The van der Waals surface area contributed by atoms with E-state index in [-0.39, 0.29) is 5.75 Å². The predicted octanol–water partition coefficient (Wildman–Crippen LogP) is 4.13. The van der Waals surface area contributed by atoms with Gasteiger partial charge in [-0.2, -0.15) is 0 Å². The van der Waals surface area contributed by atoms with Crippen LogP contribution in [0, 0.1) is 0 Å². The highest BCUT2D eigenvalue weighted by molar-refractivity contribution is 5.71. The summed E-state index contributed by atoms with van der Waals surface area (Å²) in [5.41, 5.74) is 2.17. The van der Waals surface area contributed by atoms with Crippen LogP contribution in [0.2, 0.25) is 0 Å². The standard InChI is InChI=1S/C19H26N4O/c1-15(18-13-20-19-12-17(24)10-11-23(18)19)21-14-22-16-8-6-4-2-3-5-7-9-16/h10-14,16,24H,1-9H2,(H,21,22). The number of nitrogens with one attached hydrogen (secondary N) is 1. The second-order valence-electron chi connectivity index (χ2n) is 6.52. The Morgan fingerprint density at radius 1 is 1.25 bits per heavy atom. The van der Waals surface area contributed by atoms with Crippen molar-refractivity contribution in [3.63, 3.8) is 0 Å². The molecule has 2 aromatic rings. The Hall–Kier alpha value is -2.30. The Morgan fingerprint density at radius 2 is 1.96 bits per heavy atom. The van der Waals surface area contributed by atoms with Crippen LogP contribution in [0.15, 0.2) is 36.1 Å². The van der Waals surface area contributed by atoms with Crippen molar-refractivity contribution in [2.45, 2.75) is 57.4 Å². The van der Waals surface area contributed by atoms with Gasteiger partial charge in [0.1, 0.15) is 11.4 Å². The van der Waals surface area contributed by atoms with Crippen molar-refractivity contribution in [2.75, 3.05) is 0 Å². The van der Waals surface area contributed by atoms with E-state index < -0.39 is 0 Å². The second-order valence-corrected chi connectivity index (χ2v) is 6.52. The zero-order valence-electron chi connectivity index (χ0n) is 14.1. The molecule has 0 amide bonds. The minimum absolute atomic E-state index is 0.204. The van der Waals surface area contributed by atoms with Gasteiger partial charge in [-0.1, -0.05) is 45.1 Å². The van der Waals surface area contributed by atoms with E-state index in [1.807, 2.05) is 4.40 Å². The van der Waals surface area contributed by atoms with E-state index in [0.29, 0.717) is 17.4 Å². The van der Waals surface area contributed by atoms with Crippen molar-refractivity contribution < 1.29 is 5.11 Å². The quantitative estimate of drug-likeness (QED) is 0.656.